The number of hydrogen-bond donors (Lipinski definition) is 1. The third-order valence-corrected chi connectivity index (χ3v) is 10.1. The fourth-order valence-corrected chi connectivity index (χ4v) is 7.21. The van der Waals surface area contributed by atoms with Gasteiger partial charge in [0.25, 0.3) is 0 Å². The molecule has 37 heavy (non-hydrogen) atoms. The zero-order chi connectivity index (χ0) is 26.9. The molecule has 1 aromatic carbocycles. The Morgan fingerprint density at radius 2 is 1.76 bits per heavy atom. The zero-order valence-corrected chi connectivity index (χ0v) is 24.1. The molecule has 5 rings (SSSR count). The number of hydrogen-bond acceptors (Lipinski definition) is 8. The van der Waals surface area contributed by atoms with Crippen LogP contribution in [0.4, 0.5) is 4.79 Å². The van der Waals surface area contributed by atoms with Crippen molar-refractivity contribution in [3.63, 3.8) is 0 Å². The van der Waals surface area contributed by atoms with Crippen LogP contribution in [-0.4, -0.2) is 53.7 Å². The smallest absolute Gasteiger partial charge is 0.423 e. The lowest BCUT2D eigenvalue weighted by Crippen LogP contribution is -2.40. The Hall–Kier alpha value is -2.57. The molecule has 1 saturated heterocycles. The maximum Gasteiger partial charge on any atom is 0.423 e. The Morgan fingerprint density at radius 1 is 1.05 bits per heavy atom. The first-order valence-electron chi connectivity index (χ1n) is 11.1. The van der Waals surface area contributed by atoms with Crippen LogP contribution in [0.1, 0.15) is 24.3 Å². The third kappa shape index (κ3) is 3.70. The van der Waals surface area contributed by atoms with E-state index in [0.29, 0.717) is 20.5 Å². The first-order chi connectivity index (χ1) is 17.5. The average molecular weight is 700 g/mol. The van der Waals surface area contributed by atoms with Crippen molar-refractivity contribution in [1.29, 1.82) is 0 Å². The minimum atomic E-state index is -1.05. The molecule has 0 saturated carbocycles. The molecule has 3 aliphatic carbocycles. The number of carbonyl (C=O) groups is 5. The van der Waals surface area contributed by atoms with Crippen molar-refractivity contribution in [2.75, 3.05) is 14.2 Å². The van der Waals surface area contributed by atoms with Gasteiger partial charge in [-0.25, -0.2) is 4.79 Å². The summed E-state index contributed by atoms with van der Waals surface area (Å²) < 4.78 is 10.8. The van der Waals surface area contributed by atoms with Crippen LogP contribution in [0.3, 0.4) is 0 Å². The van der Waals surface area contributed by atoms with Gasteiger partial charge in [-0.05, 0) is 78.2 Å². The Morgan fingerprint density at radius 3 is 2.41 bits per heavy atom. The Balaban J connectivity index is 1.74. The van der Waals surface area contributed by atoms with Crippen molar-refractivity contribution < 1.29 is 38.6 Å². The molecular formula is C25H18Br3NO8. The molecule has 3 amide bonds. The molecule has 4 aliphatic rings. The number of allylic oxidation sites excluding steroid dienone is 6. The van der Waals surface area contributed by atoms with Crippen LogP contribution in [0.25, 0.3) is 0 Å². The summed E-state index contributed by atoms with van der Waals surface area (Å²) in [6.07, 6.45) is 2.21. The van der Waals surface area contributed by atoms with Gasteiger partial charge in [-0.15, -0.1) is 0 Å². The number of aromatic hydroxyl groups is 1. The van der Waals surface area contributed by atoms with Gasteiger partial charge >= 0.3 is 6.09 Å². The number of methoxy groups -OCH3 is 2. The van der Waals surface area contributed by atoms with Crippen LogP contribution < -0.4 is 4.74 Å². The molecule has 9 nitrogen and oxygen atoms in total. The molecule has 4 unspecified atom stereocenters. The Kier molecular flexibility index (Phi) is 6.56. The first-order valence-corrected chi connectivity index (χ1v) is 13.5. The Labute approximate surface area is 235 Å². The van der Waals surface area contributed by atoms with Crippen molar-refractivity contribution in [1.82, 2.24) is 4.90 Å². The molecule has 192 valence electrons. The van der Waals surface area contributed by atoms with E-state index < -0.39 is 41.6 Å². The molecule has 0 radical (unpaired) electrons. The lowest BCUT2D eigenvalue weighted by molar-refractivity contribution is -0.137. The van der Waals surface area contributed by atoms with Crippen molar-refractivity contribution in [2.45, 2.75) is 18.8 Å². The topological polar surface area (TPSA) is 127 Å². The fraction of sp³-hybridized carbons (Fsp3) is 0.320. The van der Waals surface area contributed by atoms with Crippen molar-refractivity contribution in [3.8, 4) is 11.5 Å². The Bertz CT molecular complexity index is 1430. The summed E-state index contributed by atoms with van der Waals surface area (Å²) in [6, 6.07) is 1.57. The minimum Gasteiger partial charge on any atom is -0.503 e. The van der Waals surface area contributed by atoms with Crippen molar-refractivity contribution in [2.24, 2.45) is 17.8 Å². The predicted octanol–water partition coefficient (Wildman–Crippen LogP) is 4.45. The van der Waals surface area contributed by atoms with E-state index in [2.05, 4.69) is 52.5 Å². The second-order valence-corrected chi connectivity index (χ2v) is 11.5. The normalized spacial score (nSPS) is 26.9. The number of fused-ring (bicyclic) bond motifs is 3. The quantitative estimate of drug-likeness (QED) is 0.273. The minimum absolute atomic E-state index is 0.0500. The lowest BCUT2D eigenvalue weighted by atomic mass is 9.59. The molecule has 1 aromatic rings. The number of ether oxygens (including phenoxy) is 2. The number of phenols is 1. The second kappa shape index (κ2) is 9.32. The lowest BCUT2D eigenvalue weighted by Gasteiger charge is -2.42. The fourth-order valence-electron chi connectivity index (χ4n) is 5.81. The van der Waals surface area contributed by atoms with E-state index >= 15 is 0 Å². The molecule has 0 bridgehead atoms. The number of amides is 3. The zero-order valence-electron chi connectivity index (χ0n) is 19.3. The predicted molar refractivity (Wildman–Crippen MR) is 139 cm³/mol. The largest absolute Gasteiger partial charge is 0.503 e. The molecule has 4 atom stereocenters. The molecular weight excluding hydrogens is 682 g/mol. The number of halogens is 3. The number of rotatable bonds is 2. The van der Waals surface area contributed by atoms with Gasteiger partial charge in [0.15, 0.2) is 23.1 Å². The van der Waals surface area contributed by atoms with Gasteiger partial charge in [-0.2, -0.15) is 4.90 Å². The summed E-state index contributed by atoms with van der Waals surface area (Å²) >= 11 is 10.0. The highest BCUT2D eigenvalue weighted by atomic mass is 79.9. The number of nitrogens with zero attached hydrogens (tertiary/aromatic N) is 1. The van der Waals surface area contributed by atoms with Crippen LogP contribution in [0.2, 0.25) is 0 Å². The van der Waals surface area contributed by atoms with Gasteiger partial charge in [-0.1, -0.05) is 11.6 Å². The van der Waals surface area contributed by atoms with E-state index in [1.54, 1.807) is 6.07 Å². The summed E-state index contributed by atoms with van der Waals surface area (Å²) in [5, 5.41) is 10.5. The highest BCUT2D eigenvalue weighted by molar-refractivity contribution is 9.13. The van der Waals surface area contributed by atoms with E-state index in [-0.39, 0.29) is 56.0 Å². The standard InChI is InChI=1S/C25H18Br3NO8/c1-36-15-6-11(19(27)20(28)22(15)32)16-8-3-4-9-17(24(34)29(23(9)33)25(35)37-2)10(8)5-12-18(16)14(30)7-13(26)21(12)31/h3,6-7,9-10,16-17,32H,4-5H2,1-2H3. The van der Waals surface area contributed by atoms with Gasteiger partial charge in [0.2, 0.25) is 11.8 Å². The SMILES string of the molecule is COC(=O)N1C(=O)C2CC=C3C(c4cc(OC)c(O)c(Br)c4Br)C4=C(CC3C2C1=O)C(=O)C(Br)=CC4=O. The van der Waals surface area contributed by atoms with E-state index in [4.69, 9.17) is 4.74 Å². The number of carbonyl (C=O) groups excluding carboxylic acids is 5. The van der Waals surface area contributed by atoms with Gasteiger partial charge in [0, 0.05) is 27.6 Å². The highest BCUT2D eigenvalue weighted by Gasteiger charge is 2.58. The van der Waals surface area contributed by atoms with Crippen LogP contribution in [-0.2, 0) is 23.9 Å². The number of imide groups is 3. The van der Waals surface area contributed by atoms with Crippen molar-refractivity contribution >= 4 is 77.3 Å². The summed E-state index contributed by atoms with van der Waals surface area (Å²) in [5.74, 6) is -5.21. The molecule has 1 fully saturated rings. The maximum atomic E-state index is 13.4. The van der Waals surface area contributed by atoms with Crippen LogP contribution in [0.5, 0.6) is 11.5 Å². The number of Topliss-reactive ketones (excluding diaryl/α,β-unsaturated/α-hetero) is 1. The number of likely N-dealkylation sites (tertiary alicyclic amines) is 1. The number of ketones is 2. The molecule has 1 aliphatic heterocycles. The van der Waals surface area contributed by atoms with E-state index in [1.807, 2.05) is 6.08 Å². The molecule has 1 heterocycles. The van der Waals surface area contributed by atoms with Crippen molar-refractivity contribution in [3.05, 3.63) is 53.9 Å². The average Bonchev–Trinajstić information content (AvgIpc) is 3.14. The maximum absolute atomic E-state index is 13.4. The summed E-state index contributed by atoms with van der Waals surface area (Å²) in [4.78, 5) is 65.8. The first kappa shape index (κ1) is 26.1. The van der Waals surface area contributed by atoms with E-state index in [1.165, 1.54) is 13.2 Å². The summed E-state index contributed by atoms with van der Waals surface area (Å²) in [6.45, 7) is 0. The van der Waals surface area contributed by atoms with Crippen LogP contribution in [0, 0.1) is 17.8 Å². The molecule has 12 heteroatoms. The third-order valence-electron chi connectivity index (χ3n) is 7.39. The second-order valence-electron chi connectivity index (χ2n) is 9.02. The summed E-state index contributed by atoms with van der Waals surface area (Å²) in [5.41, 5.74) is 1.70. The number of benzene rings is 1. The molecule has 1 N–H and O–H groups in total. The van der Waals surface area contributed by atoms with Gasteiger partial charge in [-0.3, -0.25) is 19.2 Å². The van der Waals surface area contributed by atoms with Gasteiger partial charge < -0.3 is 14.6 Å². The van der Waals surface area contributed by atoms with Gasteiger partial charge in [0.1, 0.15) is 0 Å². The highest BCUT2D eigenvalue weighted by Crippen LogP contribution is 2.57. The van der Waals surface area contributed by atoms with Gasteiger partial charge in [0.05, 0.1) is 35.0 Å². The van der Waals surface area contributed by atoms with Crippen LogP contribution in [0.15, 0.2) is 48.4 Å². The van der Waals surface area contributed by atoms with Crippen LogP contribution >= 0.6 is 47.8 Å². The van der Waals surface area contributed by atoms with E-state index in [9.17, 15) is 29.1 Å². The molecule has 0 aromatic heterocycles. The summed E-state index contributed by atoms with van der Waals surface area (Å²) in [7, 11) is 2.48. The molecule has 0 spiro atoms. The van der Waals surface area contributed by atoms with E-state index in [0.717, 1.165) is 7.11 Å². The monoisotopic (exact) mass is 697 g/mol. The number of phenolic OH excluding ortho intramolecular Hbond substituents is 1.